The Morgan fingerprint density at radius 2 is 1.58 bits per heavy atom. The second kappa shape index (κ2) is 8.45. The molecule has 2 rings (SSSR count). The number of nitrogens with one attached hydrogen (secondary N) is 3. The minimum Gasteiger partial charge on any atom is -0.354 e. The summed E-state index contributed by atoms with van der Waals surface area (Å²) >= 11 is 0. The summed E-state index contributed by atoms with van der Waals surface area (Å²) in [4.78, 5) is 12.5. The smallest absolute Gasteiger partial charge is 0.354 e. The van der Waals surface area contributed by atoms with Gasteiger partial charge in [-0.2, -0.15) is 33.2 Å². The van der Waals surface area contributed by atoms with Crippen molar-refractivity contribution in [1.82, 2.24) is 15.0 Å². The molecule has 0 aliphatic rings. The normalized spacial score (nSPS) is 12.0. The van der Waals surface area contributed by atoms with Crippen LogP contribution in [0.25, 0.3) is 0 Å². The summed E-state index contributed by atoms with van der Waals surface area (Å²) in [6.45, 7) is 6.66. The van der Waals surface area contributed by atoms with Gasteiger partial charge >= 0.3 is 6.18 Å². The van der Waals surface area contributed by atoms with Gasteiger partial charge in [-0.15, -0.1) is 0 Å². The first-order valence-corrected chi connectivity index (χ1v) is 8.05. The van der Waals surface area contributed by atoms with Crippen molar-refractivity contribution in [3.63, 3.8) is 0 Å². The highest BCUT2D eigenvalue weighted by molar-refractivity contribution is 5.99. The molecule has 0 amide bonds. The predicted molar refractivity (Wildman–Crippen MR) is 95.4 cm³/mol. The third kappa shape index (κ3) is 5.30. The first-order valence-electron chi connectivity index (χ1n) is 8.05. The van der Waals surface area contributed by atoms with E-state index in [1.807, 2.05) is 13.8 Å². The average molecular weight is 367 g/mol. The molecule has 0 saturated heterocycles. The zero-order valence-electron chi connectivity index (χ0n) is 14.6. The monoisotopic (exact) mass is 367 g/mol. The van der Waals surface area contributed by atoms with Gasteiger partial charge in [0.25, 0.3) is 0 Å². The number of hydrogen-bond donors (Lipinski definition) is 3. The Bertz CT molecular complexity index is 750. The Morgan fingerprint density at radius 1 is 1.00 bits per heavy atom. The molecule has 0 bridgehead atoms. The predicted octanol–water partition coefficient (Wildman–Crippen LogP) is 3.59. The van der Waals surface area contributed by atoms with Gasteiger partial charge in [-0.3, -0.25) is 0 Å². The van der Waals surface area contributed by atoms with Gasteiger partial charge in [0.15, 0.2) is 0 Å². The molecule has 0 unspecified atom stereocenters. The maximum atomic E-state index is 12.8. The van der Waals surface area contributed by atoms with Crippen molar-refractivity contribution in [2.75, 3.05) is 29.1 Å². The molecule has 1 heterocycles. The Hall–Kier alpha value is -2.91. The molecule has 140 valence electrons. The molecule has 1 aromatic carbocycles. The summed E-state index contributed by atoms with van der Waals surface area (Å²) in [5.74, 6) is 0.916. The molecule has 7 nitrogen and oxygen atoms in total. The van der Waals surface area contributed by atoms with Gasteiger partial charge in [-0.05, 0) is 38.5 Å². The van der Waals surface area contributed by atoms with Crippen LogP contribution in [0, 0.1) is 0 Å². The number of benzene rings is 1. The van der Waals surface area contributed by atoms with E-state index in [9.17, 15) is 13.2 Å². The van der Waals surface area contributed by atoms with Crippen LogP contribution in [0.5, 0.6) is 0 Å². The molecule has 2 aromatic rings. The molecule has 0 spiro atoms. The number of halogens is 3. The fraction of sp³-hybridized carbons (Fsp3) is 0.375. The number of hydrazone groups is 1. The molecule has 26 heavy (non-hydrogen) atoms. The molecular weight excluding hydrogens is 347 g/mol. The van der Waals surface area contributed by atoms with Crippen LogP contribution in [0.3, 0.4) is 0 Å². The zero-order valence-corrected chi connectivity index (χ0v) is 14.6. The lowest BCUT2D eigenvalue weighted by atomic mass is 10.1. The third-order valence-corrected chi connectivity index (χ3v) is 3.24. The van der Waals surface area contributed by atoms with Crippen molar-refractivity contribution in [3.05, 3.63) is 35.4 Å². The van der Waals surface area contributed by atoms with E-state index in [1.54, 1.807) is 13.0 Å². The van der Waals surface area contributed by atoms with Gasteiger partial charge in [0.1, 0.15) is 0 Å². The van der Waals surface area contributed by atoms with Gasteiger partial charge < -0.3 is 10.6 Å². The number of anilines is 3. The molecule has 1 aromatic heterocycles. The van der Waals surface area contributed by atoms with Crippen LogP contribution in [0.1, 0.15) is 31.9 Å². The lowest BCUT2D eigenvalue weighted by Crippen LogP contribution is -2.11. The van der Waals surface area contributed by atoms with E-state index in [1.165, 1.54) is 6.07 Å². The fourth-order valence-corrected chi connectivity index (χ4v) is 2.02. The van der Waals surface area contributed by atoms with Crippen LogP contribution in [0.2, 0.25) is 0 Å². The van der Waals surface area contributed by atoms with E-state index in [0.717, 1.165) is 12.1 Å². The molecule has 3 N–H and O–H groups in total. The molecule has 0 saturated carbocycles. The van der Waals surface area contributed by atoms with E-state index < -0.39 is 11.7 Å². The number of nitrogens with zero attached hydrogens (tertiary/aromatic N) is 4. The number of aromatic nitrogens is 3. The summed E-state index contributed by atoms with van der Waals surface area (Å²) in [5.41, 5.74) is 2.65. The Morgan fingerprint density at radius 3 is 2.12 bits per heavy atom. The van der Waals surface area contributed by atoms with Crippen LogP contribution >= 0.6 is 0 Å². The van der Waals surface area contributed by atoms with Gasteiger partial charge in [-0.1, -0.05) is 12.1 Å². The van der Waals surface area contributed by atoms with E-state index >= 15 is 0 Å². The van der Waals surface area contributed by atoms with Crippen molar-refractivity contribution in [2.24, 2.45) is 5.10 Å². The minimum atomic E-state index is -4.40. The highest BCUT2D eigenvalue weighted by Gasteiger charge is 2.30. The van der Waals surface area contributed by atoms with Crippen molar-refractivity contribution >= 4 is 23.6 Å². The van der Waals surface area contributed by atoms with Crippen molar-refractivity contribution < 1.29 is 13.2 Å². The van der Waals surface area contributed by atoms with Crippen LogP contribution in [0.15, 0.2) is 29.4 Å². The minimum absolute atomic E-state index is 0.179. The summed E-state index contributed by atoms with van der Waals surface area (Å²) in [5, 5.41) is 10.0. The van der Waals surface area contributed by atoms with Crippen molar-refractivity contribution in [3.8, 4) is 0 Å². The van der Waals surface area contributed by atoms with Crippen LogP contribution in [0.4, 0.5) is 31.0 Å². The summed E-state index contributed by atoms with van der Waals surface area (Å²) < 4.78 is 38.5. The van der Waals surface area contributed by atoms with E-state index in [2.05, 4.69) is 36.1 Å². The molecular formula is C16H20F3N7. The number of rotatable bonds is 7. The third-order valence-electron chi connectivity index (χ3n) is 3.24. The SMILES string of the molecule is CCNc1nc(NCC)nc(N/N=C(\C)c2cccc(C(F)(F)F)c2)n1. The van der Waals surface area contributed by atoms with Gasteiger partial charge in [0, 0.05) is 13.1 Å². The van der Waals surface area contributed by atoms with Crippen molar-refractivity contribution in [1.29, 1.82) is 0 Å². The molecule has 0 aliphatic carbocycles. The first kappa shape index (κ1) is 19.4. The van der Waals surface area contributed by atoms with E-state index in [0.29, 0.717) is 36.3 Å². The van der Waals surface area contributed by atoms with Gasteiger partial charge in [-0.25, -0.2) is 5.43 Å². The maximum Gasteiger partial charge on any atom is 0.416 e. The van der Waals surface area contributed by atoms with Crippen LogP contribution in [-0.2, 0) is 6.18 Å². The summed E-state index contributed by atoms with van der Waals surface area (Å²) in [6, 6.07) is 4.95. The first-order chi connectivity index (χ1) is 12.3. The highest BCUT2D eigenvalue weighted by atomic mass is 19.4. The fourth-order valence-electron chi connectivity index (χ4n) is 2.02. The maximum absolute atomic E-state index is 12.8. The van der Waals surface area contributed by atoms with Gasteiger partial charge in [0.05, 0.1) is 11.3 Å². The van der Waals surface area contributed by atoms with Gasteiger partial charge in [0.2, 0.25) is 17.8 Å². The molecule has 0 atom stereocenters. The van der Waals surface area contributed by atoms with Crippen LogP contribution in [-0.4, -0.2) is 33.8 Å². The largest absolute Gasteiger partial charge is 0.416 e. The molecule has 0 fully saturated rings. The second-order valence-electron chi connectivity index (χ2n) is 5.25. The highest BCUT2D eigenvalue weighted by Crippen LogP contribution is 2.29. The molecule has 10 heteroatoms. The summed E-state index contributed by atoms with van der Waals surface area (Å²) in [6.07, 6.45) is -4.40. The van der Waals surface area contributed by atoms with E-state index in [-0.39, 0.29) is 5.95 Å². The second-order valence-corrected chi connectivity index (χ2v) is 5.25. The quantitative estimate of drug-likeness (QED) is 0.512. The molecule has 0 radical (unpaired) electrons. The average Bonchev–Trinajstić information content (AvgIpc) is 2.59. The Balaban J connectivity index is 2.23. The number of hydrogen-bond acceptors (Lipinski definition) is 7. The Kier molecular flexibility index (Phi) is 6.31. The standard InChI is InChI=1S/C16H20F3N7/c1-4-20-13-22-14(21-5-2)24-15(23-13)26-25-10(3)11-7-6-8-12(9-11)16(17,18)19/h6-9H,4-5H2,1-3H3,(H3,20,21,22,23,24,26)/b25-10+. The summed E-state index contributed by atoms with van der Waals surface area (Å²) in [7, 11) is 0. The van der Waals surface area contributed by atoms with E-state index in [4.69, 9.17) is 0 Å². The van der Waals surface area contributed by atoms with Crippen molar-refractivity contribution in [2.45, 2.75) is 26.9 Å². The van der Waals surface area contributed by atoms with Crippen LogP contribution < -0.4 is 16.1 Å². The topological polar surface area (TPSA) is 87.1 Å². The zero-order chi connectivity index (χ0) is 19.2. The molecule has 0 aliphatic heterocycles. The Labute approximate surface area is 149 Å². The number of alkyl halides is 3. The lowest BCUT2D eigenvalue weighted by Gasteiger charge is -2.10. The lowest BCUT2D eigenvalue weighted by molar-refractivity contribution is -0.137.